The molecule has 0 bridgehead atoms. The largest absolute Gasteiger partial charge is 0.482 e. The monoisotopic (exact) mass is 317 g/mol. The van der Waals surface area contributed by atoms with Crippen LogP contribution in [0.5, 0.6) is 5.75 Å². The molecule has 1 aliphatic rings. The van der Waals surface area contributed by atoms with Gasteiger partial charge in [0.05, 0.1) is 24.9 Å². The molecule has 1 fully saturated rings. The van der Waals surface area contributed by atoms with Crippen molar-refractivity contribution < 1.29 is 19.4 Å². The quantitative estimate of drug-likeness (QED) is 0.838. The van der Waals surface area contributed by atoms with Crippen LogP contribution in [0.4, 0.5) is 0 Å². The Hall–Kier alpha value is -2.38. The van der Waals surface area contributed by atoms with Crippen LogP contribution in [0.15, 0.2) is 36.5 Å². The zero-order chi connectivity index (χ0) is 16.1. The average molecular weight is 317 g/mol. The third-order valence-corrected chi connectivity index (χ3v) is 3.79. The molecule has 122 valence electrons. The Kier molecular flexibility index (Phi) is 4.89. The van der Waals surface area contributed by atoms with Crippen molar-refractivity contribution in [2.24, 2.45) is 0 Å². The number of nitrogens with one attached hydrogen (secondary N) is 1. The van der Waals surface area contributed by atoms with Crippen molar-refractivity contribution in [2.75, 3.05) is 26.4 Å². The van der Waals surface area contributed by atoms with Crippen molar-refractivity contribution in [2.45, 2.75) is 12.6 Å². The fourth-order valence-corrected chi connectivity index (χ4v) is 2.64. The summed E-state index contributed by atoms with van der Waals surface area (Å²) in [6, 6.07) is 9.63. The van der Waals surface area contributed by atoms with Crippen LogP contribution < -0.4 is 4.74 Å². The Bertz CT molecular complexity index is 627. The smallest absolute Gasteiger partial charge is 0.341 e. The molecule has 7 nitrogen and oxygen atoms in total. The lowest BCUT2D eigenvalue weighted by atomic mass is 10.1. The first kappa shape index (κ1) is 15.5. The molecule has 0 aliphatic carbocycles. The third-order valence-electron chi connectivity index (χ3n) is 3.79. The predicted octanol–water partition coefficient (Wildman–Crippen LogP) is 1.45. The Morgan fingerprint density at radius 1 is 1.39 bits per heavy atom. The summed E-state index contributed by atoms with van der Waals surface area (Å²) in [6.07, 6.45) is 1.75. The molecule has 2 heterocycles. The third kappa shape index (κ3) is 4.08. The minimum atomic E-state index is -0.982. The Morgan fingerprint density at radius 2 is 2.22 bits per heavy atom. The summed E-state index contributed by atoms with van der Waals surface area (Å²) in [5.74, 6) is -0.423. The number of carboxylic acids is 1. The van der Waals surface area contributed by atoms with Crippen LogP contribution in [0.1, 0.15) is 17.3 Å². The van der Waals surface area contributed by atoms with Crippen LogP contribution in [0, 0.1) is 0 Å². The van der Waals surface area contributed by atoms with E-state index in [0.29, 0.717) is 19.0 Å². The highest BCUT2D eigenvalue weighted by atomic mass is 16.5. The molecule has 2 aromatic rings. The summed E-state index contributed by atoms with van der Waals surface area (Å²) >= 11 is 0. The number of hydrogen-bond donors (Lipinski definition) is 2. The first-order chi connectivity index (χ1) is 11.2. The molecule has 0 radical (unpaired) electrons. The Balaban J connectivity index is 1.64. The van der Waals surface area contributed by atoms with Crippen molar-refractivity contribution in [3.63, 3.8) is 0 Å². The number of morpholine rings is 1. The van der Waals surface area contributed by atoms with Gasteiger partial charge in [-0.05, 0) is 23.8 Å². The van der Waals surface area contributed by atoms with Gasteiger partial charge in [0.15, 0.2) is 6.61 Å². The van der Waals surface area contributed by atoms with Gasteiger partial charge in [0.25, 0.3) is 0 Å². The zero-order valence-corrected chi connectivity index (χ0v) is 12.6. The van der Waals surface area contributed by atoms with E-state index in [1.54, 1.807) is 18.3 Å². The van der Waals surface area contributed by atoms with E-state index in [1.807, 2.05) is 18.2 Å². The second kappa shape index (κ2) is 7.26. The number of aromatic nitrogens is 2. The highest BCUT2D eigenvalue weighted by Gasteiger charge is 2.25. The van der Waals surface area contributed by atoms with Gasteiger partial charge in [-0.1, -0.05) is 12.1 Å². The lowest BCUT2D eigenvalue weighted by molar-refractivity contribution is -0.139. The normalized spacial score (nSPS) is 18.7. The molecule has 23 heavy (non-hydrogen) atoms. The van der Waals surface area contributed by atoms with E-state index >= 15 is 0 Å². The van der Waals surface area contributed by atoms with E-state index in [-0.39, 0.29) is 12.6 Å². The minimum Gasteiger partial charge on any atom is -0.482 e. The first-order valence-corrected chi connectivity index (χ1v) is 7.47. The second-order valence-corrected chi connectivity index (χ2v) is 5.40. The van der Waals surface area contributed by atoms with Crippen LogP contribution in [0.2, 0.25) is 0 Å². The van der Waals surface area contributed by atoms with Gasteiger partial charge in [-0.25, -0.2) is 4.79 Å². The van der Waals surface area contributed by atoms with Crippen LogP contribution in [0.3, 0.4) is 0 Å². The van der Waals surface area contributed by atoms with Crippen molar-refractivity contribution in [3.05, 3.63) is 47.8 Å². The Morgan fingerprint density at radius 3 is 2.91 bits per heavy atom. The maximum absolute atomic E-state index is 10.5. The summed E-state index contributed by atoms with van der Waals surface area (Å²) in [6.45, 7) is 2.66. The van der Waals surface area contributed by atoms with E-state index in [0.717, 1.165) is 24.3 Å². The molecule has 1 aliphatic heterocycles. The standard InChI is InChI=1S/C16H19N3O4/c20-16(21)11-23-13-3-1-12(2-4-13)9-19-7-8-22-10-15(19)14-5-6-17-18-14/h1-6,15H,7-11H2,(H,17,18)(H,20,21). The number of carbonyl (C=O) groups is 1. The number of rotatable bonds is 6. The molecule has 0 amide bonds. The topological polar surface area (TPSA) is 87.7 Å². The number of carboxylic acid groups (broad SMARTS) is 1. The van der Waals surface area contributed by atoms with E-state index < -0.39 is 5.97 Å². The lowest BCUT2D eigenvalue weighted by Crippen LogP contribution is -2.39. The molecule has 1 aromatic heterocycles. The summed E-state index contributed by atoms with van der Waals surface area (Å²) in [5, 5.41) is 15.6. The number of H-pyrrole nitrogens is 1. The van der Waals surface area contributed by atoms with Gasteiger partial charge in [0.2, 0.25) is 0 Å². The summed E-state index contributed by atoms with van der Waals surface area (Å²) < 4.78 is 10.7. The zero-order valence-electron chi connectivity index (χ0n) is 12.6. The second-order valence-electron chi connectivity index (χ2n) is 5.40. The molecule has 1 saturated heterocycles. The van der Waals surface area contributed by atoms with E-state index in [1.165, 1.54) is 0 Å². The molecule has 0 spiro atoms. The van der Waals surface area contributed by atoms with Gasteiger partial charge in [0.1, 0.15) is 5.75 Å². The van der Waals surface area contributed by atoms with Gasteiger partial charge in [-0.15, -0.1) is 0 Å². The highest BCUT2D eigenvalue weighted by Crippen LogP contribution is 2.25. The maximum Gasteiger partial charge on any atom is 0.341 e. The maximum atomic E-state index is 10.5. The minimum absolute atomic E-state index is 0.161. The van der Waals surface area contributed by atoms with Crippen LogP contribution in [-0.4, -0.2) is 52.5 Å². The summed E-state index contributed by atoms with van der Waals surface area (Å²) in [7, 11) is 0. The molecule has 0 saturated carbocycles. The molecular weight excluding hydrogens is 298 g/mol. The number of nitrogens with zero attached hydrogens (tertiary/aromatic N) is 2. The summed E-state index contributed by atoms with van der Waals surface area (Å²) in [4.78, 5) is 12.8. The Labute approximate surface area is 133 Å². The van der Waals surface area contributed by atoms with Crippen LogP contribution in [0.25, 0.3) is 0 Å². The number of benzene rings is 1. The van der Waals surface area contributed by atoms with Gasteiger partial charge >= 0.3 is 5.97 Å². The molecule has 3 rings (SSSR count). The molecular formula is C16H19N3O4. The molecule has 1 aromatic carbocycles. The van der Waals surface area contributed by atoms with Gasteiger partial charge in [0, 0.05) is 19.3 Å². The van der Waals surface area contributed by atoms with Gasteiger partial charge in [-0.2, -0.15) is 5.10 Å². The first-order valence-electron chi connectivity index (χ1n) is 7.47. The number of aromatic amines is 1. The van der Waals surface area contributed by atoms with Crippen molar-refractivity contribution >= 4 is 5.97 Å². The molecule has 7 heteroatoms. The fraction of sp³-hybridized carbons (Fsp3) is 0.375. The van der Waals surface area contributed by atoms with Crippen LogP contribution >= 0.6 is 0 Å². The SMILES string of the molecule is O=C(O)COc1ccc(CN2CCOCC2c2ccn[nH]2)cc1. The van der Waals surface area contributed by atoms with Crippen LogP contribution in [-0.2, 0) is 16.1 Å². The van der Waals surface area contributed by atoms with Crippen molar-refractivity contribution in [3.8, 4) is 5.75 Å². The lowest BCUT2D eigenvalue weighted by Gasteiger charge is -2.34. The molecule has 2 N–H and O–H groups in total. The summed E-state index contributed by atoms with van der Waals surface area (Å²) in [5.41, 5.74) is 2.19. The highest BCUT2D eigenvalue weighted by molar-refractivity contribution is 5.68. The van der Waals surface area contributed by atoms with E-state index in [4.69, 9.17) is 14.6 Å². The fourth-order valence-electron chi connectivity index (χ4n) is 2.64. The van der Waals surface area contributed by atoms with Gasteiger partial charge in [-0.3, -0.25) is 10.00 Å². The molecule has 1 atom stereocenters. The van der Waals surface area contributed by atoms with Crippen molar-refractivity contribution in [1.82, 2.24) is 15.1 Å². The molecule has 1 unspecified atom stereocenters. The van der Waals surface area contributed by atoms with Gasteiger partial charge < -0.3 is 14.6 Å². The number of aliphatic carboxylic acids is 1. The average Bonchev–Trinajstić information content (AvgIpc) is 3.09. The number of hydrogen-bond acceptors (Lipinski definition) is 5. The predicted molar refractivity (Wildman–Crippen MR) is 82.1 cm³/mol. The van der Waals surface area contributed by atoms with Crippen molar-refractivity contribution in [1.29, 1.82) is 0 Å². The number of ether oxygens (including phenoxy) is 2. The van der Waals surface area contributed by atoms with E-state index in [2.05, 4.69) is 15.1 Å². The van der Waals surface area contributed by atoms with E-state index in [9.17, 15) is 4.79 Å².